The van der Waals surface area contributed by atoms with Crippen LogP contribution in [0.3, 0.4) is 0 Å². The number of aromatic nitrogens is 2. The van der Waals surface area contributed by atoms with Gasteiger partial charge in [-0.3, -0.25) is 10.1 Å². The minimum atomic E-state index is -3.60. The van der Waals surface area contributed by atoms with E-state index in [1.54, 1.807) is 0 Å². The van der Waals surface area contributed by atoms with Crippen LogP contribution >= 0.6 is 15.9 Å². The number of benzene rings is 2. The summed E-state index contributed by atoms with van der Waals surface area (Å²) in [5.74, 6) is 0.435. The van der Waals surface area contributed by atoms with Crippen molar-refractivity contribution < 1.29 is 17.6 Å². The monoisotopic (exact) mass is 518 g/mol. The maximum Gasteiger partial charge on any atom is 0.322 e. The summed E-state index contributed by atoms with van der Waals surface area (Å²) in [5, 5.41) is 10.3. The molecule has 1 fully saturated rings. The second kappa shape index (κ2) is 9.13. The van der Waals surface area contributed by atoms with Crippen LogP contribution < -0.4 is 5.32 Å². The minimum absolute atomic E-state index is 0.0408. The van der Waals surface area contributed by atoms with Crippen LogP contribution in [0.15, 0.2) is 62.3 Å². The summed E-state index contributed by atoms with van der Waals surface area (Å²) < 4.78 is 34.0. The van der Waals surface area contributed by atoms with Gasteiger partial charge in [0.1, 0.15) is 0 Å². The molecule has 0 aliphatic carbocycles. The molecule has 1 aromatic heterocycles. The van der Waals surface area contributed by atoms with Crippen molar-refractivity contribution in [2.45, 2.75) is 25.2 Å². The van der Waals surface area contributed by atoms with Gasteiger partial charge >= 0.3 is 6.01 Å². The van der Waals surface area contributed by atoms with Crippen molar-refractivity contribution in [1.29, 1.82) is 0 Å². The fraction of sp³-hybridized carbons (Fsp3) is 0.318. The topological polar surface area (TPSA) is 105 Å². The van der Waals surface area contributed by atoms with Crippen molar-refractivity contribution in [2.24, 2.45) is 11.8 Å². The van der Waals surface area contributed by atoms with Crippen LogP contribution in [0.25, 0.3) is 11.5 Å². The highest BCUT2D eigenvalue weighted by Gasteiger charge is 2.31. The molecule has 4 rings (SSSR count). The van der Waals surface area contributed by atoms with Crippen LogP contribution in [0.1, 0.15) is 30.6 Å². The van der Waals surface area contributed by atoms with Gasteiger partial charge in [-0.2, -0.15) is 4.31 Å². The van der Waals surface area contributed by atoms with Gasteiger partial charge < -0.3 is 4.42 Å². The fourth-order valence-corrected chi connectivity index (χ4v) is 5.83. The number of carbonyl (C=O) groups excluding carboxylic acids is 1. The summed E-state index contributed by atoms with van der Waals surface area (Å²) >= 11 is 3.36. The van der Waals surface area contributed by atoms with Gasteiger partial charge in [0.2, 0.25) is 15.9 Å². The van der Waals surface area contributed by atoms with E-state index < -0.39 is 15.9 Å². The Morgan fingerprint density at radius 3 is 2.28 bits per heavy atom. The molecule has 3 aromatic rings. The first-order chi connectivity index (χ1) is 15.2. The molecule has 1 saturated heterocycles. The second-order valence-corrected chi connectivity index (χ2v) is 11.0. The highest BCUT2D eigenvalue weighted by atomic mass is 79.9. The van der Waals surface area contributed by atoms with Crippen molar-refractivity contribution in [3.63, 3.8) is 0 Å². The van der Waals surface area contributed by atoms with E-state index in [9.17, 15) is 13.2 Å². The van der Waals surface area contributed by atoms with E-state index in [0.29, 0.717) is 24.9 Å². The van der Waals surface area contributed by atoms with E-state index in [1.165, 1.54) is 28.6 Å². The zero-order valence-electron chi connectivity index (χ0n) is 17.7. The Morgan fingerprint density at radius 1 is 1.03 bits per heavy atom. The zero-order valence-corrected chi connectivity index (χ0v) is 20.1. The van der Waals surface area contributed by atoms with Crippen molar-refractivity contribution in [3.05, 3.63) is 58.6 Å². The predicted molar refractivity (Wildman–Crippen MR) is 124 cm³/mol. The molecule has 0 saturated carbocycles. The lowest BCUT2D eigenvalue weighted by atomic mass is 9.94. The molecule has 32 heavy (non-hydrogen) atoms. The Labute approximate surface area is 195 Å². The summed E-state index contributed by atoms with van der Waals surface area (Å²) in [5.41, 5.74) is 1.00. The van der Waals surface area contributed by atoms with Crippen LogP contribution in [-0.2, 0) is 10.0 Å². The van der Waals surface area contributed by atoms with Gasteiger partial charge in [-0.25, -0.2) is 8.42 Å². The number of sulfonamides is 1. The third-order valence-corrected chi connectivity index (χ3v) is 7.70. The Hall–Kier alpha value is -2.56. The maximum absolute atomic E-state index is 13.0. The number of nitrogens with zero attached hydrogens (tertiary/aromatic N) is 3. The molecule has 1 aliphatic heterocycles. The number of carbonyl (C=O) groups is 1. The first-order valence-electron chi connectivity index (χ1n) is 10.2. The summed E-state index contributed by atoms with van der Waals surface area (Å²) in [6.07, 6.45) is 1.02. The third kappa shape index (κ3) is 4.92. The average Bonchev–Trinajstić information content (AvgIpc) is 3.22. The fourth-order valence-electron chi connectivity index (χ4n) is 3.88. The number of rotatable bonds is 5. The Morgan fingerprint density at radius 2 is 1.66 bits per heavy atom. The summed E-state index contributed by atoms with van der Waals surface area (Å²) in [6, 6.07) is 13.1. The van der Waals surface area contributed by atoms with E-state index in [-0.39, 0.29) is 22.4 Å². The number of hydrogen-bond acceptors (Lipinski definition) is 6. The van der Waals surface area contributed by atoms with Crippen LogP contribution in [0.2, 0.25) is 0 Å². The normalized spacial score (nSPS) is 19.6. The maximum atomic E-state index is 13.0. The van der Waals surface area contributed by atoms with Crippen molar-refractivity contribution >= 4 is 37.9 Å². The Kier molecular flexibility index (Phi) is 6.45. The molecular weight excluding hydrogens is 496 g/mol. The predicted octanol–water partition coefficient (Wildman–Crippen LogP) is 4.42. The zero-order chi connectivity index (χ0) is 22.9. The molecule has 2 heterocycles. The highest BCUT2D eigenvalue weighted by Crippen LogP contribution is 2.27. The largest absolute Gasteiger partial charge is 0.403 e. The van der Waals surface area contributed by atoms with Crippen molar-refractivity contribution in [2.75, 3.05) is 18.4 Å². The number of halogens is 1. The molecule has 8 nitrogen and oxygen atoms in total. The third-order valence-electron chi connectivity index (χ3n) is 5.33. The SMILES string of the molecule is CC1CC(C)CN(S(=O)(=O)c2ccc(C(=O)Nc3nnc(-c4ccc(Br)cc4)o3)cc2)C1. The molecule has 168 valence electrons. The Balaban J connectivity index is 1.45. The molecule has 1 N–H and O–H groups in total. The lowest BCUT2D eigenvalue weighted by molar-refractivity contribution is 0.102. The van der Waals surface area contributed by atoms with Gasteiger partial charge in [-0.05, 0) is 66.8 Å². The second-order valence-electron chi connectivity index (χ2n) is 8.17. The van der Waals surface area contributed by atoms with E-state index >= 15 is 0 Å². The van der Waals surface area contributed by atoms with Gasteiger partial charge in [0.05, 0.1) is 4.90 Å². The molecule has 1 amide bonds. The number of anilines is 1. The van der Waals surface area contributed by atoms with Gasteiger partial charge in [-0.1, -0.05) is 34.9 Å². The quantitative estimate of drug-likeness (QED) is 0.535. The molecule has 0 radical (unpaired) electrons. The van der Waals surface area contributed by atoms with Crippen LogP contribution in [0.5, 0.6) is 0 Å². The van der Waals surface area contributed by atoms with Gasteiger partial charge in [0, 0.05) is 28.7 Å². The first-order valence-corrected chi connectivity index (χ1v) is 12.5. The number of nitrogens with one attached hydrogen (secondary N) is 1. The van der Waals surface area contributed by atoms with Gasteiger partial charge in [0.15, 0.2) is 0 Å². The van der Waals surface area contributed by atoms with E-state index in [0.717, 1.165) is 16.5 Å². The summed E-state index contributed by atoms with van der Waals surface area (Å²) in [4.78, 5) is 12.7. The lowest BCUT2D eigenvalue weighted by Crippen LogP contribution is -2.42. The molecule has 0 bridgehead atoms. The minimum Gasteiger partial charge on any atom is -0.403 e. The smallest absolute Gasteiger partial charge is 0.322 e. The molecule has 2 unspecified atom stereocenters. The molecule has 1 aliphatic rings. The molecule has 10 heteroatoms. The molecule has 0 spiro atoms. The summed E-state index contributed by atoms with van der Waals surface area (Å²) in [7, 11) is -3.60. The highest BCUT2D eigenvalue weighted by molar-refractivity contribution is 9.10. The summed E-state index contributed by atoms with van der Waals surface area (Å²) in [6.45, 7) is 5.14. The first kappa shape index (κ1) is 22.6. The van der Waals surface area contributed by atoms with Crippen LogP contribution in [0, 0.1) is 11.8 Å². The lowest BCUT2D eigenvalue weighted by Gasteiger charge is -2.34. The van der Waals surface area contributed by atoms with E-state index in [2.05, 4.69) is 45.3 Å². The van der Waals surface area contributed by atoms with E-state index in [1.807, 2.05) is 24.3 Å². The Bertz CT molecular complexity index is 1200. The number of piperidine rings is 1. The van der Waals surface area contributed by atoms with Gasteiger partial charge in [0.25, 0.3) is 5.91 Å². The number of hydrogen-bond donors (Lipinski definition) is 1. The standard InChI is InChI=1S/C22H23BrN4O4S/c1-14-11-15(2)13-27(12-14)32(29,30)19-9-5-16(6-10-19)20(28)24-22-26-25-21(31-22)17-3-7-18(23)8-4-17/h3-10,14-15H,11-13H2,1-2H3,(H,24,26,28). The van der Waals surface area contributed by atoms with Crippen molar-refractivity contribution in [3.8, 4) is 11.5 Å². The molecular formula is C22H23BrN4O4S. The van der Waals surface area contributed by atoms with E-state index in [4.69, 9.17) is 4.42 Å². The average molecular weight is 519 g/mol. The van der Waals surface area contributed by atoms with Crippen LogP contribution in [0.4, 0.5) is 6.01 Å². The van der Waals surface area contributed by atoms with Gasteiger partial charge in [-0.15, -0.1) is 5.10 Å². The van der Waals surface area contributed by atoms with Crippen molar-refractivity contribution in [1.82, 2.24) is 14.5 Å². The van der Waals surface area contributed by atoms with Crippen LogP contribution in [-0.4, -0.2) is 41.9 Å². The number of amides is 1. The molecule has 2 atom stereocenters. The molecule has 2 aromatic carbocycles.